The first-order valence-corrected chi connectivity index (χ1v) is 10.3. The van der Waals surface area contributed by atoms with E-state index in [0.29, 0.717) is 5.89 Å². The molecule has 0 aromatic carbocycles. The minimum Gasteiger partial charge on any atom is -0.344 e. The molecule has 3 aromatic heterocycles. The molecule has 0 radical (unpaired) electrons. The lowest BCUT2D eigenvalue weighted by molar-refractivity contribution is 0.164. The number of hydrogen-bond acceptors (Lipinski definition) is 8. The summed E-state index contributed by atoms with van der Waals surface area (Å²) in [6.45, 7) is 14.4. The van der Waals surface area contributed by atoms with Gasteiger partial charge in [0.1, 0.15) is 0 Å². The van der Waals surface area contributed by atoms with Crippen LogP contribution in [0.25, 0.3) is 4.96 Å². The second kappa shape index (κ2) is 6.87. The van der Waals surface area contributed by atoms with E-state index in [-0.39, 0.29) is 11.5 Å². The van der Waals surface area contributed by atoms with E-state index in [0.717, 1.165) is 54.2 Å². The molecule has 1 saturated heterocycles. The Kier molecular flexibility index (Phi) is 4.67. The van der Waals surface area contributed by atoms with Crippen LogP contribution in [-0.4, -0.2) is 55.8 Å². The van der Waals surface area contributed by atoms with Crippen LogP contribution in [0.1, 0.15) is 58.1 Å². The highest BCUT2D eigenvalue weighted by Gasteiger charge is 2.27. The molecule has 146 valence electrons. The van der Waals surface area contributed by atoms with Crippen molar-refractivity contribution < 1.29 is 4.52 Å². The van der Waals surface area contributed by atoms with E-state index in [2.05, 4.69) is 53.8 Å². The van der Waals surface area contributed by atoms with Gasteiger partial charge in [-0.05, 0) is 6.92 Å². The lowest BCUT2D eigenvalue weighted by Crippen LogP contribution is -2.47. The van der Waals surface area contributed by atoms with Gasteiger partial charge in [-0.3, -0.25) is 4.90 Å². The largest absolute Gasteiger partial charge is 0.344 e. The fourth-order valence-corrected chi connectivity index (χ4v) is 4.15. The zero-order chi connectivity index (χ0) is 19.2. The van der Waals surface area contributed by atoms with Gasteiger partial charge in [-0.2, -0.15) is 4.98 Å². The van der Waals surface area contributed by atoms with Gasteiger partial charge in [0.15, 0.2) is 5.82 Å². The molecule has 0 saturated carbocycles. The molecule has 0 spiro atoms. The molecule has 0 amide bonds. The van der Waals surface area contributed by atoms with Crippen LogP contribution in [0.15, 0.2) is 10.7 Å². The topological polar surface area (TPSA) is 75.6 Å². The quantitative estimate of drug-likeness (QED) is 0.679. The Bertz CT molecular complexity index is 882. The molecule has 0 aliphatic carbocycles. The van der Waals surface area contributed by atoms with Gasteiger partial charge in [0.2, 0.25) is 16.0 Å². The summed E-state index contributed by atoms with van der Waals surface area (Å²) in [4.78, 5) is 14.9. The molecule has 4 rings (SSSR count). The number of hydrogen-bond donors (Lipinski definition) is 0. The van der Waals surface area contributed by atoms with Gasteiger partial charge in [-0.25, -0.2) is 9.50 Å². The highest BCUT2D eigenvalue weighted by atomic mass is 32.1. The number of aryl methyl sites for hydroxylation is 1. The molecule has 4 heterocycles. The van der Waals surface area contributed by atoms with Gasteiger partial charge in [-0.15, -0.1) is 5.10 Å². The molecule has 1 unspecified atom stereocenters. The predicted octanol–water partition coefficient (Wildman–Crippen LogP) is 2.92. The Hall–Kier alpha value is -2.00. The molecule has 1 aliphatic heterocycles. The van der Waals surface area contributed by atoms with Crippen LogP contribution in [0, 0.1) is 0 Å². The van der Waals surface area contributed by atoms with Crippen LogP contribution in [0.5, 0.6) is 0 Å². The molecule has 1 fully saturated rings. The summed E-state index contributed by atoms with van der Waals surface area (Å²) in [6.07, 6.45) is 2.85. The summed E-state index contributed by atoms with van der Waals surface area (Å²) in [6, 6.07) is 0.142. The van der Waals surface area contributed by atoms with Crippen LogP contribution in [0.4, 0.5) is 5.13 Å². The summed E-state index contributed by atoms with van der Waals surface area (Å²) < 4.78 is 7.33. The predicted molar refractivity (Wildman–Crippen MR) is 105 cm³/mol. The second-order valence-electron chi connectivity index (χ2n) is 8.09. The van der Waals surface area contributed by atoms with Crippen LogP contribution in [0.3, 0.4) is 0 Å². The third-order valence-electron chi connectivity index (χ3n) is 5.09. The summed E-state index contributed by atoms with van der Waals surface area (Å²) in [7, 11) is 0. The average molecular weight is 390 g/mol. The number of piperazine rings is 1. The first-order valence-electron chi connectivity index (χ1n) is 9.53. The summed E-state index contributed by atoms with van der Waals surface area (Å²) in [5, 5.41) is 9.81. The molecule has 1 aliphatic rings. The van der Waals surface area contributed by atoms with E-state index in [4.69, 9.17) is 14.6 Å². The minimum absolute atomic E-state index is 0.0434. The molecule has 0 bridgehead atoms. The minimum atomic E-state index is 0.0434. The van der Waals surface area contributed by atoms with Crippen molar-refractivity contribution in [1.82, 2.24) is 29.6 Å². The summed E-state index contributed by atoms with van der Waals surface area (Å²) >= 11 is 1.66. The Labute approximate surface area is 163 Å². The van der Waals surface area contributed by atoms with Gasteiger partial charge in [0.05, 0.1) is 17.9 Å². The maximum atomic E-state index is 5.41. The number of imidazole rings is 1. The number of nitrogens with zero attached hydrogens (tertiary/aromatic N) is 7. The van der Waals surface area contributed by atoms with Crippen LogP contribution < -0.4 is 4.90 Å². The van der Waals surface area contributed by atoms with E-state index >= 15 is 0 Å². The third kappa shape index (κ3) is 3.58. The highest BCUT2D eigenvalue weighted by molar-refractivity contribution is 7.20. The van der Waals surface area contributed by atoms with Crippen molar-refractivity contribution in [3.05, 3.63) is 23.6 Å². The second-order valence-corrected chi connectivity index (χ2v) is 9.02. The number of fused-ring (bicyclic) bond motifs is 1. The van der Waals surface area contributed by atoms with Gasteiger partial charge >= 0.3 is 0 Å². The van der Waals surface area contributed by atoms with Crippen molar-refractivity contribution in [3.8, 4) is 0 Å². The van der Waals surface area contributed by atoms with Crippen molar-refractivity contribution >= 4 is 21.4 Å². The molecule has 3 aromatic rings. The van der Waals surface area contributed by atoms with Crippen molar-refractivity contribution in [3.63, 3.8) is 0 Å². The lowest BCUT2D eigenvalue weighted by atomic mass is 9.93. The van der Waals surface area contributed by atoms with Crippen molar-refractivity contribution in [2.24, 2.45) is 0 Å². The van der Waals surface area contributed by atoms with Gasteiger partial charge < -0.3 is 9.42 Å². The fourth-order valence-electron chi connectivity index (χ4n) is 3.22. The SMILES string of the molecule is CCc1noc(C(C)N2CCN(c3nn4cc(C(C)(C)C)nc4s3)CC2)n1. The van der Waals surface area contributed by atoms with E-state index in [1.165, 1.54) is 0 Å². The molecule has 27 heavy (non-hydrogen) atoms. The fraction of sp³-hybridized carbons (Fsp3) is 0.667. The maximum absolute atomic E-state index is 5.41. The number of anilines is 1. The van der Waals surface area contributed by atoms with Gasteiger partial charge in [-0.1, -0.05) is 44.2 Å². The third-order valence-corrected chi connectivity index (χ3v) is 6.07. The first kappa shape index (κ1) is 18.4. The normalized spacial score (nSPS) is 17.7. The van der Waals surface area contributed by atoms with E-state index in [1.807, 2.05) is 11.4 Å². The van der Waals surface area contributed by atoms with Gasteiger partial charge in [0.25, 0.3) is 0 Å². The van der Waals surface area contributed by atoms with Crippen molar-refractivity contribution in [2.45, 2.75) is 52.5 Å². The Morgan fingerprint density at radius 3 is 2.52 bits per heavy atom. The smallest absolute Gasteiger partial charge is 0.243 e. The first-order chi connectivity index (χ1) is 12.8. The Balaban J connectivity index is 1.41. The Morgan fingerprint density at radius 1 is 1.19 bits per heavy atom. The van der Waals surface area contributed by atoms with Crippen LogP contribution in [0.2, 0.25) is 0 Å². The van der Waals surface area contributed by atoms with E-state index in [9.17, 15) is 0 Å². The summed E-state index contributed by atoms with van der Waals surface area (Å²) in [5.74, 6) is 1.49. The van der Waals surface area contributed by atoms with Crippen molar-refractivity contribution in [2.75, 3.05) is 31.1 Å². The number of rotatable bonds is 4. The molecular formula is C18H27N7OS. The average Bonchev–Trinajstić information content (AvgIpc) is 3.34. The Morgan fingerprint density at radius 2 is 1.93 bits per heavy atom. The highest BCUT2D eigenvalue weighted by Crippen LogP contribution is 2.29. The van der Waals surface area contributed by atoms with E-state index < -0.39 is 0 Å². The number of aromatic nitrogens is 5. The molecular weight excluding hydrogens is 362 g/mol. The monoisotopic (exact) mass is 389 g/mol. The molecule has 1 atom stereocenters. The van der Waals surface area contributed by atoms with Crippen molar-refractivity contribution in [1.29, 1.82) is 0 Å². The lowest BCUT2D eigenvalue weighted by Gasteiger charge is -2.36. The molecule has 0 N–H and O–H groups in total. The molecule has 8 nitrogen and oxygen atoms in total. The summed E-state index contributed by atoms with van der Waals surface area (Å²) in [5.41, 5.74) is 1.12. The van der Waals surface area contributed by atoms with Crippen LogP contribution >= 0.6 is 11.3 Å². The maximum Gasteiger partial charge on any atom is 0.243 e. The molecule has 9 heteroatoms. The van der Waals surface area contributed by atoms with Crippen LogP contribution in [-0.2, 0) is 11.8 Å². The zero-order valence-electron chi connectivity index (χ0n) is 16.6. The van der Waals surface area contributed by atoms with E-state index in [1.54, 1.807) is 11.3 Å². The zero-order valence-corrected chi connectivity index (χ0v) is 17.5. The standard InChI is InChI=1S/C18H27N7OS/c1-6-14-20-15(26-22-14)12(2)23-7-9-24(10-8-23)17-21-25-11-13(18(3,4)5)19-16(25)27-17/h11-12H,6-10H2,1-5H3. The van der Waals surface area contributed by atoms with Gasteiger partial charge in [0, 0.05) is 38.0 Å².